The number of nitrogens with one attached hydrogen (secondary N) is 1. The van der Waals surface area contributed by atoms with Crippen LogP contribution in [0.4, 0.5) is 0 Å². The van der Waals surface area contributed by atoms with Crippen LogP contribution in [0.15, 0.2) is 36.9 Å². The lowest BCUT2D eigenvalue weighted by atomic mass is 10.1. The van der Waals surface area contributed by atoms with Gasteiger partial charge in [0.25, 0.3) is 0 Å². The minimum Gasteiger partial charge on any atom is -0.309 e. The summed E-state index contributed by atoms with van der Waals surface area (Å²) in [6, 6.07) is 4.09. The fraction of sp³-hybridized carbons (Fsp3) is 0.286. The highest BCUT2D eigenvalue weighted by atomic mass is 14.9. The first-order valence-corrected chi connectivity index (χ1v) is 5.77. The molecular weight excluding hydrogens is 210 g/mol. The summed E-state index contributed by atoms with van der Waals surface area (Å²) in [5.41, 5.74) is 5.04. The van der Waals surface area contributed by atoms with Crippen LogP contribution in [-0.4, -0.2) is 9.97 Å². The first kappa shape index (κ1) is 11.7. The van der Waals surface area contributed by atoms with Gasteiger partial charge in [0.05, 0.1) is 0 Å². The van der Waals surface area contributed by atoms with E-state index in [1.807, 2.05) is 30.9 Å². The third kappa shape index (κ3) is 3.11. The van der Waals surface area contributed by atoms with E-state index in [1.165, 1.54) is 22.3 Å². The zero-order valence-electron chi connectivity index (χ0n) is 10.3. The molecule has 0 saturated carbocycles. The molecule has 2 heterocycles. The van der Waals surface area contributed by atoms with E-state index in [9.17, 15) is 0 Å². The standard InChI is InChI=1S/C14H17N3/c1-11-3-5-16-9-14(11)10-17-8-13-4-6-15-7-12(13)2/h3-7,9,17H,8,10H2,1-2H3. The van der Waals surface area contributed by atoms with Crippen LogP contribution in [0.1, 0.15) is 22.3 Å². The highest BCUT2D eigenvalue weighted by molar-refractivity contribution is 5.23. The Balaban J connectivity index is 1.93. The monoisotopic (exact) mass is 227 g/mol. The SMILES string of the molecule is Cc1cnccc1CNCc1cnccc1C. The van der Waals surface area contributed by atoms with Crippen molar-refractivity contribution in [1.82, 2.24) is 15.3 Å². The molecule has 0 aliphatic heterocycles. The highest BCUT2D eigenvalue weighted by Gasteiger charge is 1.99. The van der Waals surface area contributed by atoms with E-state index in [0.717, 1.165) is 13.1 Å². The molecule has 2 aromatic rings. The van der Waals surface area contributed by atoms with Crippen molar-refractivity contribution < 1.29 is 0 Å². The fourth-order valence-electron chi connectivity index (χ4n) is 1.71. The Morgan fingerprint density at radius 3 is 2.35 bits per heavy atom. The predicted molar refractivity (Wildman–Crippen MR) is 68.5 cm³/mol. The van der Waals surface area contributed by atoms with Gasteiger partial charge in [-0.1, -0.05) is 0 Å². The van der Waals surface area contributed by atoms with Crippen LogP contribution >= 0.6 is 0 Å². The van der Waals surface area contributed by atoms with Crippen LogP contribution < -0.4 is 5.32 Å². The van der Waals surface area contributed by atoms with Gasteiger partial charge in [0.1, 0.15) is 0 Å². The quantitative estimate of drug-likeness (QED) is 0.871. The molecule has 2 aromatic heterocycles. The minimum absolute atomic E-state index is 0.849. The van der Waals surface area contributed by atoms with Crippen molar-refractivity contribution in [3.63, 3.8) is 0 Å². The second kappa shape index (κ2) is 5.55. The summed E-state index contributed by atoms with van der Waals surface area (Å²) >= 11 is 0. The minimum atomic E-state index is 0.849. The number of aromatic nitrogens is 2. The van der Waals surface area contributed by atoms with Gasteiger partial charge in [0, 0.05) is 37.9 Å². The predicted octanol–water partition coefficient (Wildman–Crippen LogP) is 2.38. The third-order valence-electron chi connectivity index (χ3n) is 2.91. The zero-order valence-corrected chi connectivity index (χ0v) is 10.3. The van der Waals surface area contributed by atoms with Crippen LogP contribution in [0.3, 0.4) is 0 Å². The van der Waals surface area contributed by atoms with Gasteiger partial charge in [-0.3, -0.25) is 9.97 Å². The first-order chi connectivity index (χ1) is 8.27. The van der Waals surface area contributed by atoms with Crippen molar-refractivity contribution in [3.8, 4) is 0 Å². The molecule has 3 nitrogen and oxygen atoms in total. The molecule has 88 valence electrons. The molecule has 0 aliphatic carbocycles. The van der Waals surface area contributed by atoms with Gasteiger partial charge in [-0.2, -0.15) is 0 Å². The maximum Gasteiger partial charge on any atom is 0.0315 e. The lowest BCUT2D eigenvalue weighted by Gasteiger charge is -2.08. The van der Waals surface area contributed by atoms with Crippen LogP contribution in [0.5, 0.6) is 0 Å². The van der Waals surface area contributed by atoms with Crippen molar-refractivity contribution in [1.29, 1.82) is 0 Å². The smallest absolute Gasteiger partial charge is 0.0315 e. The number of hydrogen-bond donors (Lipinski definition) is 1. The molecule has 0 atom stereocenters. The van der Waals surface area contributed by atoms with Gasteiger partial charge in [-0.15, -0.1) is 0 Å². The molecule has 2 rings (SSSR count). The summed E-state index contributed by atoms with van der Waals surface area (Å²) < 4.78 is 0. The Morgan fingerprint density at radius 2 is 1.59 bits per heavy atom. The lowest BCUT2D eigenvalue weighted by Crippen LogP contribution is -2.14. The molecule has 3 heteroatoms. The van der Waals surface area contributed by atoms with Crippen molar-refractivity contribution in [3.05, 3.63) is 59.2 Å². The fourth-order valence-corrected chi connectivity index (χ4v) is 1.71. The van der Waals surface area contributed by atoms with E-state index >= 15 is 0 Å². The maximum atomic E-state index is 4.14. The molecule has 17 heavy (non-hydrogen) atoms. The molecule has 0 aromatic carbocycles. The van der Waals surface area contributed by atoms with Crippen molar-refractivity contribution in [2.75, 3.05) is 0 Å². The molecule has 0 unspecified atom stereocenters. The molecule has 1 N–H and O–H groups in total. The van der Waals surface area contributed by atoms with Gasteiger partial charge in [-0.25, -0.2) is 0 Å². The van der Waals surface area contributed by atoms with Crippen LogP contribution in [-0.2, 0) is 13.1 Å². The molecule has 0 radical (unpaired) electrons. The summed E-state index contributed by atoms with van der Waals surface area (Å²) in [5.74, 6) is 0. The Morgan fingerprint density at radius 1 is 0.882 bits per heavy atom. The van der Waals surface area contributed by atoms with E-state index < -0.39 is 0 Å². The maximum absolute atomic E-state index is 4.14. The number of rotatable bonds is 4. The number of hydrogen-bond acceptors (Lipinski definition) is 3. The topological polar surface area (TPSA) is 37.8 Å². The Labute approximate surface area is 102 Å². The lowest BCUT2D eigenvalue weighted by molar-refractivity contribution is 0.685. The molecule has 0 saturated heterocycles. The van der Waals surface area contributed by atoms with E-state index in [1.54, 1.807) is 0 Å². The van der Waals surface area contributed by atoms with E-state index in [0.29, 0.717) is 0 Å². The summed E-state index contributed by atoms with van der Waals surface area (Å²) in [5, 5.41) is 3.43. The zero-order chi connectivity index (χ0) is 12.1. The van der Waals surface area contributed by atoms with Gasteiger partial charge in [-0.05, 0) is 48.2 Å². The normalized spacial score (nSPS) is 10.5. The molecule has 0 spiro atoms. The van der Waals surface area contributed by atoms with Crippen LogP contribution in [0.2, 0.25) is 0 Å². The van der Waals surface area contributed by atoms with E-state index in [2.05, 4.69) is 35.2 Å². The largest absolute Gasteiger partial charge is 0.309 e. The van der Waals surface area contributed by atoms with E-state index in [4.69, 9.17) is 0 Å². The first-order valence-electron chi connectivity index (χ1n) is 5.77. The van der Waals surface area contributed by atoms with Crippen molar-refractivity contribution in [2.24, 2.45) is 0 Å². The number of aryl methyl sites for hydroxylation is 2. The summed E-state index contributed by atoms with van der Waals surface area (Å²) in [6.45, 7) is 5.90. The molecule has 0 aliphatic rings. The van der Waals surface area contributed by atoms with Gasteiger partial charge >= 0.3 is 0 Å². The van der Waals surface area contributed by atoms with Gasteiger partial charge in [0.2, 0.25) is 0 Å². The molecule has 0 amide bonds. The average molecular weight is 227 g/mol. The van der Waals surface area contributed by atoms with Gasteiger partial charge in [0.15, 0.2) is 0 Å². The molecular formula is C14H17N3. The average Bonchev–Trinajstić information content (AvgIpc) is 2.34. The molecule has 0 fully saturated rings. The number of nitrogens with zero attached hydrogens (tertiary/aromatic N) is 2. The van der Waals surface area contributed by atoms with E-state index in [-0.39, 0.29) is 0 Å². The van der Waals surface area contributed by atoms with Crippen LogP contribution in [0, 0.1) is 13.8 Å². The van der Waals surface area contributed by atoms with Gasteiger partial charge < -0.3 is 5.32 Å². The Bertz CT molecular complexity index is 449. The van der Waals surface area contributed by atoms with Crippen molar-refractivity contribution in [2.45, 2.75) is 26.9 Å². The van der Waals surface area contributed by atoms with Crippen molar-refractivity contribution >= 4 is 0 Å². The third-order valence-corrected chi connectivity index (χ3v) is 2.91. The molecule has 0 bridgehead atoms. The summed E-state index contributed by atoms with van der Waals surface area (Å²) in [7, 11) is 0. The highest BCUT2D eigenvalue weighted by Crippen LogP contribution is 2.07. The Hall–Kier alpha value is -1.74. The van der Waals surface area contributed by atoms with Crippen LogP contribution in [0.25, 0.3) is 0 Å². The number of pyridine rings is 2. The second-order valence-corrected chi connectivity index (χ2v) is 4.21. The summed E-state index contributed by atoms with van der Waals surface area (Å²) in [4.78, 5) is 8.23. The second-order valence-electron chi connectivity index (χ2n) is 4.21. The summed E-state index contributed by atoms with van der Waals surface area (Å²) in [6.07, 6.45) is 7.47. The Kier molecular flexibility index (Phi) is 3.83.